The maximum absolute atomic E-state index is 11.9. The second-order valence-electron chi connectivity index (χ2n) is 5.32. The van der Waals surface area contributed by atoms with Gasteiger partial charge in [-0.3, -0.25) is 9.59 Å². The van der Waals surface area contributed by atoms with Crippen molar-refractivity contribution in [1.82, 2.24) is 5.32 Å². The summed E-state index contributed by atoms with van der Waals surface area (Å²) in [4.78, 5) is 23.2. The van der Waals surface area contributed by atoms with Crippen molar-refractivity contribution in [2.45, 2.75) is 32.5 Å². The van der Waals surface area contributed by atoms with E-state index in [-0.39, 0.29) is 26.2 Å². The molecule has 9 heteroatoms. The molecule has 0 aliphatic heterocycles. The van der Waals surface area contributed by atoms with E-state index in [2.05, 4.69) is 10.1 Å². The number of hydrogen-bond acceptors (Lipinski definition) is 7. The molecule has 0 saturated heterocycles. The summed E-state index contributed by atoms with van der Waals surface area (Å²) in [6, 6.07) is 0. The van der Waals surface area contributed by atoms with Crippen LogP contribution in [0.4, 0.5) is 0 Å². The molecular formula is C12H24BNO7. The number of amides is 1. The van der Waals surface area contributed by atoms with Gasteiger partial charge in [0.25, 0.3) is 8.05 Å². The van der Waals surface area contributed by atoms with Gasteiger partial charge in [0.15, 0.2) is 0 Å². The Balaban J connectivity index is 4.10. The fourth-order valence-corrected chi connectivity index (χ4v) is 1.56. The van der Waals surface area contributed by atoms with Crippen molar-refractivity contribution < 1.29 is 34.3 Å². The first-order chi connectivity index (χ1) is 9.78. The molecule has 0 spiro atoms. The number of hydrogen-bond donors (Lipinski definition) is 4. The van der Waals surface area contributed by atoms with Gasteiger partial charge in [0.2, 0.25) is 5.91 Å². The molecule has 0 heterocycles. The lowest BCUT2D eigenvalue weighted by Gasteiger charge is -2.30. The molecule has 0 bridgehead atoms. The van der Waals surface area contributed by atoms with Crippen molar-refractivity contribution in [3.8, 4) is 0 Å². The van der Waals surface area contributed by atoms with Gasteiger partial charge in [-0.25, -0.2) is 0 Å². The summed E-state index contributed by atoms with van der Waals surface area (Å²) in [6.45, 7) is 2.42. The molecule has 1 amide bonds. The third kappa shape index (κ3) is 7.42. The van der Waals surface area contributed by atoms with E-state index in [0.29, 0.717) is 0 Å². The Labute approximate surface area is 124 Å². The van der Waals surface area contributed by atoms with Crippen molar-refractivity contribution >= 4 is 19.9 Å². The zero-order chi connectivity index (χ0) is 16.5. The number of esters is 1. The molecule has 21 heavy (non-hydrogen) atoms. The van der Waals surface area contributed by atoms with Crippen LogP contribution in [0.15, 0.2) is 0 Å². The minimum absolute atomic E-state index is 0.0499. The van der Waals surface area contributed by atoms with E-state index in [1.165, 1.54) is 8.05 Å². The van der Waals surface area contributed by atoms with Crippen LogP contribution in [-0.4, -0.2) is 73.8 Å². The molecule has 0 aromatic heterocycles. The van der Waals surface area contributed by atoms with Gasteiger partial charge >= 0.3 is 5.97 Å². The average molecular weight is 305 g/mol. The number of carbonyl (C=O) groups excluding carboxylic acids is 2. The van der Waals surface area contributed by atoms with E-state index in [4.69, 9.17) is 14.9 Å². The zero-order valence-corrected chi connectivity index (χ0v) is 12.7. The molecule has 0 aromatic carbocycles. The van der Waals surface area contributed by atoms with Gasteiger partial charge in [-0.15, -0.1) is 0 Å². The molecule has 0 aromatic rings. The van der Waals surface area contributed by atoms with Crippen LogP contribution < -0.4 is 5.32 Å². The molecular weight excluding hydrogens is 281 g/mol. The van der Waals surface area contributed by atoms with E-state index in [1.807, 2.05) is 0 Å². The molecule has 1 unspecified atom stereocenters. The summed E-state index contributed by atoms with van der Waals surface area (Å²) in [7, 11) is 1.37. The van der Waals surface area contributed by atoms with Crippen molar-refractivity contribution in [3.05, 3.63) is 0 Å². The quantitative estimate of drug-likeness (QED) is 0.256. The van der Waals surface area contributed by atoms with Gasteiger partial charge in [0.1, 0.15) is 18.8 Å². The molecule has 0 aliphatic rings. The summed E-state index contributed by atoms with van der Waals surface area (Å²) in [5, 5.41) is 29.3. The van der Waals surface area contributed by atoms with Crippen molar-refractivity contribution in [2.24, 2.45) is 5.41 Å². The summed E-state index contributed by atoms with van der Waals surface area (Å²) in [5.41, 5.74) is -0.745. The van der Waals surface area contributed by atoms with Crippen LogP contribution in [0, 0.1) is 5.41 Å². The minimum Gasteiger partial charge on any atom is -0.463 e. The number of aliphatic hydroxyl groups is 3. The molecule has 8 nitrogen and oxygen atoms in total. The third-order valence-corrected chi connectivity index (χ3v) is 2.87. The Bertz CT molecular complexity index is 338. The first kappa shape index (κ1) is 19.8. The molecule has 0 radical (unpaired) electrons. The second kappa shape index (κ2) is 9.72. The maximum atomic E-state index is 11.9. The van der Waals surface area contributed by atoms with E-state index in [0.717, 1.165) is 0 Å². The molecule has 4 N–H and O–H groups in total. The smallest absolute Gasteiger partial charge is 0.307 e. The Kier molecular flexibility index (Phi) is 9.19. The Hall–Kier alpha value is -1.16. The molecule has 0 saturated carbocycles. The lowest BCUT2D eigenvalue weighted by atomic mass is 9.86. The predicted octanol–water partition coefficient (Wildman–Crippen LogP) is -2.66. The number of ether oxygens (including phenoxy) is 1. The molecule has 0 rings (SSSR count). The van der Waals surface area contributed by atoms with Gasteiger partial charge in [0.05, 0.1) is 19.6 Å². The Morgan fingerprint density at radius 3 is 2.43 bits per heavy atom. The monoisotopic (exact) mass is 305 g/mol. The fraction of sp³-hybridized carbons (Fsp3) is 0.833. The highest BCUT2D eigenvalue weighted by Crippen LogP contribution is 2.22. The lowest BCUT2D eigenvalue weighted by Crippen LogP contribution is -2.47. The summed E-state index contributed by atoms with van der Waals surface area (Å²) >= 11 is 0. The van der Waals surface area contributed by atoms with Gasteiger partial charge in [0, 0.05) is 12.0 Å². The fourth-order valence-electron chi connectivity index (χ4n) is 1.56. The third-order valence-electron chi connectivity index (χ3n) is 2.87. The SMILES string of the molecule is BO[C@@H](C(=O)NCCC(=O)OCC(O)CO)C(C)(C)CO. The summed E-state index contributed by atoms with van der Waals surface area (Å²) in [6.07, 6.45) is -2.01. The summed E-state index contributed by atoms with van der Waals surface area (Å²) < 4.78 is 9.75. The normalized spacial score (nSPS) is 14.3. The van der Waals surface area contributed by atoms with Crippen LogP contribution in [0.3, 0.4) is 0 Å². The standard InChI is InChI=1S/C12H24BNO7/c1-12(2,7-16)10(21-13)11(19)14-4-3-9(18)20-6-8(17)5-15/h8,10,15-17H,3-7,13H2,1-2H3,(H,14,19)/t8?,10-/m0/s1. The van der Waals surface area contributed by atoms with Crippen LogP contribution in [-0.2, 0) is 19.0 Å². The second-order valence-corrected chi connectivity index (χ2v) is 5.32. The largest absolute Gasteiger partial charge is 0.463 e. The number of rotatable bonds is 10. The first-order valence-electron chi connectivity index (χ1n) is 6.64. The zero-order valence-electron chi connectivity index (χ0n) is 12.7. The predicted molar refractivity (Wildman–Crippen MR) is 76.0 cm³/mol. The summed E-state index contributed by atoms with van der Waals surface area (Å²) in [5.74, 6) is -1.03. The molecule has 0 aliphatic carbocycles. The van der Waals surface area contributed by atoms with Crippen molar-refractivity contribution in [3.63, 3.8) is 0 Å². The molecule has 2 atom stereocenters. The van der Waals surface area contributed by atoms with E-state index in [1.54, 1.807) is 13.8 Å². The number of nitrogens with one attached hydrogen (secondary N) is 1. The van der Waals surface area contributed by atoms with E-state index < -0.39 is 36.1 Å². The van der Waals surface area contributed by atoms with Crippen LogP contribution in [0.5, 0.6) is 0 Å². The average Bonchev–Trinajstić information content (AvgIpc) is 2.45. The van der Waals surface area contributed by atoms with Crippen LogP contribution in [0.25, 0.3) is 0 Å². The van der Waals surface area contributed by atoms with Crippen LogP contribution >= 0.6 is 0 Å². The van der Waals surface area contributed by atoms with Crippen molar-refractivity contribution in [1.29, 1.82) is 0 Å². The first-order valence-corrected chi connectivity index (χ1v) is 6.64. The maximum Gasteiger partial charge on any atom is 0.307 e. The lowest BCUT2D eigenvalue weighted by molar-refractivity contribution is -0.147. The Morgan fingerprint density at radius 1 is 1.33 bits per heavy atom. The topological polar surface area (TPSA) is 125 Å². The molecule has 0 fully saturated rings. The highest BCUT2D eigenvalue weighted by molar-refractivity contribution is 6.00. The van der Waals surface area contributed by atoms with Crippen LogP contribution in [0.1, 0.15) is 20.3 Å². The van der Waals surface area contributed by atoms with Gasteiger partial charge in [-0.2, -0.15) is 0 Å². The van der Waals surface area contributed by atoms with Gasteiger partial charge < -0.3 is 30.0 Å². The van der Waals surface area contributed by atoms with Gasteiger partial charge in [-0.05, 0) is 0 Å². The molecule has 122 valence electrons. The highest BCUT2D eigenvalue weighted by Gasteiger charge is 2.34. The number of aliphatic hydroxyl groups excluding tert-OH is 3. The Morgan fingerprint density at radius 2 is 1.95 bits per heavy atom. The highest BCUT2D eigenvalue weighted by atomic mass is 16.5. The van der Waals surface area contributed by atoms with Crippen molar-refractivity contribution in [2.75, 3.05) is 26.4 Å². The van der Waals surface area contributed by atoms with Crippen LogP contribution in [0.2, 0.25) is 0 Å². The number of carbonyl (C=O) groups is 2. The van der Waals surface area contributed by atoms with E-state index in [9.17, 15) is 14.7 Å². The van der Waals surface area contributed by atoms with Gasteiger partial charge in [-0.1, -0.05) is 13.8 Å². The minimum atomic E-state index is -1.10. The van der Waals surface area contributed by atoms with E-state index >= 15 is 0 Å².